The first-order valence-electron chi connectivity index (χ1n) is 7.12. The molecule has 6 nitrogen and oxygen atoms in total. The first kappa shape index (κ1) is 14.5. The van der Waals surface area contributed by atoms with Gasteiger partial charge in [-0.15, -0.1) is 5.10 Å². The van der Waals surface area contributed by atoms with Crippen molar-refractivity contribution in [2.45, 2.75) is 33.9 Å². The SMILES string of the molecule is Cc1ccc(-c2c(CO)nnn2Cc2c(C)noc2C)cc1. The van der Waals surface area contributed by atoms with E-state index >= 15 is 0 Å². The molecular weight excluding hydrogens is 280 g/mol. The molecule has 0 unspecified atom stereocenters. The smallest absolute Gasteiger partial charge is 0.138 e. The van der Waals surface area contributed by atoms with Crippen LogP contribution in [0.25, 0.3) is 11.3 Å². The van der Waals surface area contributed by atoms with Gasteiger partial charge in [0.2, 0.25) is 0 Å². The summed E-state index contributed by atoms with van der Waals surface area (Å²) in [5, 5.41) is 21.8. The highest BCUT2D eigenvalue weighted by atomic mass is 16.5. The lowest BCUT2D eigenvalue weighted by Gasteiger charge is -2.08. The van der Waals surface area contributed by atoms with Crippen molar-refractivity contribution in [3.05, 3.63) is 52.5 Å². The van der Waals surface area contributed by atoms with Crippen molar-refractivity contribution in [3.8, 4) is 11.3 Å². The normalized spacial score (nSPS) is 11.1. The summed E-state index contributed by atoms with van der Waals surface area (Å²) in [7, 11) is 0. The van der Waals surface area contributed by atoms with E-state index in [0.717, 1.165) is 28.3 Å². The number of hydrogen-bond donors (Lipinski definition) is 1. The highest BCUT2D eigenvalue weighted by Gasteiger charge is 2.17. The zero-order valence-corrected chi connectivity index (χ0v) is 12.9. The van der Waals surface area contributed by atoms with Crippen LogP contribution < -0.4 is 0 Å². The molecular formula is C16H18N4O2. The molecule has 0 fully saturated rings. The number of benzene rings is 1. The van der Waals surface area contributed by atoms with Crippen LogP contribution in [0.4, 0.5) is 0 Å². The summed E-state index contributed by atoms with van der Waals surface area (Å²) < 4.78 is 6.98. The Kier molecular flexibility index (Phi) is 3.77. The molecule has 2 heterocycles. The zero-order valence-electron chi connectivity index (χ0n) is 12.9. The number of nitrogens with zero attached hydrogens (tertiary/aromatic N) is 4. The van der Waals surface area contributed by atoms with Crippen LogP contribution in [0.2, 0.25) is 0 Å². The van der Waals surface area contributed by atoms with Crippen molar-refractivity contribution in [2.75, 3.05) is 0 Å². The first-order chi connectivity index (χ1) is 10.6. The maximum atomic E-state index is 9.54. The molecule has 114 valence electrons. The lowest BCUT2D eigenvalue weighted by atomic mass is 10.1. The lowest BCUT2D eigenvalue weighted by molar-refractivity contribution is 0.277. The molecule has 0 saturated carbocycles. The van der Waals surface area contributed by atoms with Gasteiger partial charge >= 0.3 is 0 Å². The Bertz CT molecular complexity index is 768. The number of rotatable bonds is 4. The maximum absolute atomic E-state index is 9.54. The molecule has 0 aliphatic rings. The van der Waals surface area contributed by atoms with E-state index in [0.29, 0.717) is 12.2 Å². The predicted molar refractivity (Wildman–Crippen MR) is 81.2 cm³/mol. The average Bonchev–Trinajstić information content (AvgIpc) is 3.06. The van der Waals surface area contributed by atoms with Crippen LogP contribution in [0.3, 0.4) is 0 Å². The molecule has 0 aliphatic heterocycles. The van der Waals surface area contributed by atoms with Gasteiger partial charge in [-0.3, -0.25) is 0 Å². The third-order valence-corrected chi connectivity index (χ3v) is 3.77. The van der Waals surface area contributed by atoms with Gasteiger partial charge < -0.3 is 9.63 Å². The third kappa shape index (κ3) is 2.53. The molecule has 0 saturated heterocycles. The van der Waals surface area contributed by atoms with Crippen molar-refractivity contribution in [1.82, 2.24) is 20.2 Å². The first-order valence-corrected chi connectivity index (χ1v) is 7.12. The van der Waals surface area contributed by atoms with E-state index in [-0.39, 0.29) is 6.61 Å². The monoisotopic (exact) mass is 298 g/mol. The number of aromatic nitrogens is 4. The Labute approximate surface area is 128 Å². The average molecular weight is 298 g/mol. The molecule has 0 spiro atoms. The van der Waals surface area contributed by atoms with Gasteiger partial charge in [-0.05, 0) is 20.8 Å². The summed E-state index contributed by atoms with van der Waals surface area (Å²) in [5.74, 6) is 0.772. The van der Waals surface area contributed by atoms with Gasteiger partial charge in [-0.2, -0.15) is 0 Å². The van der Waals surface area contributed by atoms with E-state index < -0.39 is 0 Å². The standard InChI is InChI=1S/C16H18N4O2/c1-10-4-6-13(7-5-10)16-15(9-21)17-19-20(16)8-14-11(2)18-22-12(14)3/h4-7,21H,8-9H2,1-3H3. The van der Waals surface area contributed by atoms with Gasteiger partial charge in [0.05, 0.1) is 24.5 Å². The van der Waals surface area contributed by atoms with Gasteiger partial charge in [0.15, 0.2) is 0 Å². The van der Waals surface area contributed by atoms with Gasteiger partial charge in [0.25, 0.3) is 0 Å². The van der Waals surface area contributed by atoms with E-state index in [1.807, 2.05) is 45.0 Å². The van der Waals surface area contributed by atoms with Crippen molar-refractivity contribution in [1.29, 1.82) is 0 Å². The minimum absolute atomic E-state index is 0.148. The van der Waals surface area contributed by atoms with Crippen molar-refractivity contribution in [3.63, 3.8) is 0 Å². The van der Waals surface area contributed by atoms with E-state index in [2.05, 4.69) is 15.5 Å². The summed E-state index contributed by atoms with van der Waals surface area (Å²) in [5.41, 5.74) is 5.37. The molecule has 1 N–H and O–H groups in total. The fraction of sp³-hybridized carbons (Fsp3) is 0.312. The fourth-order valence-electron chi connectivity index (χ4n) is 2.47. The predicted octanol–water partition coefficient (Wildman–Crippen LogP) is 2.40. The molecule has 1 aromatic carbocycles. The maximum Gasteiger partial charge on any atom is 0.138 e. The molecule has 22 heavy (non-hydrogen) atoms. The highest BCUT2D eigenvalue weighted by Crippen LogP contribution is 2.25. The number of aryl methyl sites for hydroxylation is 3. The number of aliphatic hydroxyl groups excluding tert-OH is 1. The van der Waals surface area contributed by atoms with E-state index in [1.54, 1.807) is 4.68 Å². The summed E-state index contributed by atoms with van der Waals surface area (Å²) >= 11 is 0. The van der Waals surface area contributed by atoms with Gasteiger partial charge in [-0.25, -0.2) is 4.68 Å². The summed E-state index contributed by atoms with van der Waals surface area (Å²) in [6, 6.07) is 8.08. The molecule has 2 aromatic heterocycles. The fourth-order valence-corrected chi connectivity index (χ4v) is 2.47. The molecule has 0 bridgehead atoms. The highest BCUT2D eigenvalue weighted by molar-refractivity contribution is 5.62. The minimum atomic E-state index is -0.148. The Morgan fingerprint density at radius 2 is 1.86 bits per heavy atom. The van der Waals surface area contributed by atoms with Crippen LogP contribution >= 0.6 is 0 Å². The largest absolute Gasteiger partial charge is 0.390 e. The van der Waals surface area contributed by atoms with Gasteiger partial charge in [-0.1, -0.05) is 40.2 Å². The van der Waals surface area contributed by atoms with Crippen molar-refractivity contribution < 1.29 is 9.63 Å². The molecule has 0 atom stereocenters. The van der Waals surface area contributed by atoms with Crippen molar-refractivity contribution >= 4 is 0 Å². The van der Waals surface area contributed by atoms with Gasteiger partial charge in [0.1, 0.15) is 11.5 Å². The minimum Gasteiger partial charge on any atom is -0.390 e. The van der Waals surface area contributed by atoms with E-state index in [1.165, 1.54) is 5.56 Å². The lowest BCUT2D eigenvalue weighted by Crippen LogP contribution is -2.06. The number of hydrogen-bond acceptors (Lipinski definition) is 5. The van der Waals surface area contributed by atoms with E-state index in [4.69, 9.17) is 4.52 Å². The van der Waals surface area contributed by atoms with Crippen LogP contribution in [0.5, 0.6) is 0 Å². The van der Waals surface area contributed by atoms with Gasteiger partial charge in [0, 0.05) is 11.1 Å². The second-order valence-electron chi connectivity index (χ2n) is 5.37. The quantitative estimate of drug-likeness (QED) is 0.800. The van der Waals surface area contributed by atoms with Crippen LogP contribution in [0.15, 0.2) is 28.8 Å². The Morgan fingerprint density at radius 1 is 1.14 bits per heavy atom. The molecule has 3 aromatic rings. The molecule has 6 heteroatoms. The summed E-state index contributed by atoms with van der Waals surface area (Å²) in [6.45, 7) is 6.18. The van der Waals surface area contributed by atoms with Crippen LogP contribution in [-0.2, 0) is 13.2 Å². The zero-order chi connectivity index (χ0) is 15.7. The number of aliphatic hydroxyl groups is 1. The Balaban J connectivity index is 2.06. The van der Waals surface area contributed by atoms with Crippen LogP contribution in [-0.4, -0.2) is 25.3 Å². The Hall–Kier alpha value is -2.47. The van der Waals surface area contributed by atoms with Crippen LogP contribution in [0.1, 0.15) is 28.3 Å². The third-order valence-electron chi connectivity index (χ3n) is 3.77. The molecule has 3 rings (SSSR count). The topological polar surface area (TPSA) is 77.0 Å². The molecule has 0 radical (unpaired) electrons. The van der Waals surface area contributed by atoms with Crippen molar-refractivity contribution in [2.24, 2.45) is 0 Å². The summed E-state index contributed by atoms with van der Waals surface area (Å²) in [6.07, 6.45) is 0. The van der Waals surface area contributed by atoms with Crippen LogP contribution in [0, 0.1) is 20.8 Å². The Morgan fingerprint density at radius 3 is 2.45 bits per heavy atom. The second-order valence-corrected chi connectivity index (χ2v) is 5.37. The second kappa shape index (κ2) is 5.73. The summed E-state index contributed by atoms with van der Waals surface area (Å²) in [4.78, 5) is 0. The van der Waals surface area contributed by atoms with E-state index in [9.17, 15) is 5.11 Å². The molecule has 0 amide bonds. The molecule has 0 aliphatic carbocycles.